The van der Waals surface area contributed by atoms with Gasteiger partial charge in [0.1, 0.15) is 0 Å². The molecule has 0 aromatic heterocycles. The summed E-state index contributed by atoms with van der Waals surface area (Å²) in [6.07, 6.45) is 4.02. The van der Waals surface area contributed by atoms with Crippen LogP contribution in [0.1, 0.15) is 59.3 Å². The summed E-state index contributed by atoms with van der Waals surface area (Å²) in [6.45, 7) is 5.39. The third-order valence-corrected chi connectivity index (χ3v) is 6.48. The van der Waals surface area contributed by atoms with E-state index in [2.05, 4.69) is 10.7 Å². The largest absolute Gasteiger partial charge is 0.381 e. The molecular formula is C23H33N3O4. The summed E-state index contributed by atoms with van der Waals surface area (Å²) < 4.78 is 0. The molecule has 1 unspecified atom stereocenters. The monoisotopic (exact) mass is 415 g/mol. The number of benzene rings is 1. The molecule has 1 aromatic rings. The average molecular weight is 416 g/mol. The summed E-state index contributed by atoms with van der Waals surface area (Å²) in [5, 5.41) is 15.1. The molecule has 3 atom stereocenters. The number of aliphatic hydroxyl groups excluding tert-OH is 1. The molecule has 7 nitrogen and oxygen atoms in total. The second kappa shape index (κ2) is 9.16. The summed E-state index contributed by atoms with van der Waals surface area (Å²) in [5.41, 5.74) is 2.06. The fraction of sp³-hybridized carbons (Fsp3) is 0.609. The third-order valence-electron chi connectivity index (χ3n) is 6.48. The summed E-state index contributed by atoms with van der Waals surface area (Å²) in [5.74, 6) is -0.988. The van der Waals surface area contributed by atoms with E-state index in [1.54, 1.807) is 24.3 Å². The number of carbonyl (C=O) groups excluding carboxylic acids is 3. The average Bonchev–Trinajstić information content (AvgIpc) is 3.48. The van der Waals surface area contributed by atoms with Crippen molar-refractivity contribution < 1.29 is 19.5 Å². The zero-order valence-corrected chi connectivity index (χ0v) is 18.1. The number of carbonyl (C=O) groups is 3. The number of anilines is 1. The lowest BCUT2D eigenvalue weighted by atomic mass is 9.88. The Morgan fingerprint density at radius 3 is 2.27 bits per heavy atom. The molecule has 2 aliphatic carbocycles. The minimum absolute atomic E-state index is 0.00768. The smallest absolute Gasteiger partial charge is 0.270 e. The molecule has 7 heteroatoms. The Balaban J connectivity index is 1.74. The molecule has 0 bridgehead atoms. The van der Waals surface area contributed by atoms with Crippen LogP contribution in [0, 0.1) is 17.8 Å². The van der Waals surface area contributed by atoms with Crippen LogP contribution in [0.5, 0.6) is 0 Å². The van der Waals surface area contributed by atoms with Gasteiger partial charge in [0, 0.05) is 12.8 Å². The summed E-state index contributed by atoms with van der Waals surface area (Å²) >= 11 is 0. The zero-order chi connectivity index (χ0) is 21.9. The highest BCUT2D eigenvalue weighted by Crippen LogP contribution is 2.51. The Hall–Kier alpha value is -2.41. The van der Waals surface area contributed by atoms with Gasteiger partial charge >= 0.3 is 0 Å². The number of hydrogen-bond donors (Lipinski definition) is 3. The molecule has 2 saturated carbocycles. The van der Waals surface area contributed by atoms with Crippen molar-refractivity contribution in [3.05, 3.63) is 30.3 Å². The topological polar surface area (TPSA) is 98.7 Å². The fourth-order valence-electron chi connectivity index (χ4n) is 4.67. The molecular weight excluding hydrogens is 382 g/mol. The predicted octanol–water partition coefficient (Wildman–Crippen LogP) is 2.54. The Kier molecular flexibility index (Phi) is 6.81. The first-order chi connectivity index (χ1) is 14.3. The maximum Gasteiger partial charge on any atom is 0.270 e. The normalized spacial score (nSPS) is 24.8. The van der Waals surface area contributed by atoms with E-state index < -0.39 is 17.6 Å². The second-order valence-electron chi connectivity index (χ2n) is 8.99. The Labute approximate surface area is 178 Å². The number of nitrogens with one attached hydrogen (secondary N) is 2. The molecule has 30 heavy (non-hydrogen) atoms. The quantitative estimate of drug-likeness (QED) is 0.622. The summed E-state index contributed by atoms with van der Waals surface area (Å²) in [6, 6.07) is 8.72. The van der Waals surface area contributed by atoms with Gasteiger partial charge in [0.05, 0.1) is 11.2 Å². The van der Waals surface area contributed by atoms with Gasteiger partial charge in [-0.05, 0) is 43.2 Å². The van der Waals surface area contributed by atoms with Gasteiger partial charge in [-0.3, -0.25) is 19.8 Å². The van der Waals surface area contributed by atoms with E-state index in [1.165, 1.54) is 6.92 Å². The van der Waals surface area contributed by atoms with Crippen LogP contribution in [0.15, 0.2) is 30.3 Å². The predicted molar refractivity (Wildman–Crippen MR) is 114 cm³/mol. The van der Waals surface area contributed by atoms with Crippen LogP contribution >= 0.6 is 0 Å². The molecule has 0 spiro atoms. The molecule has 3 rings (SSSR count). The van der Waals surface area contributed by atoms with E-state index in [-0.39, 0.29) is 29.6 Å². The summed E-state index contributed by atoms with van der Waals surface area (Å²) in [7, 11) is 0. The van der Waals surface area contributed by atoms with E-state index in [1.807, 2.05) is 19.9 Å². The Morgan fingerprint density at radius 1 is 1.10 bits per heavy atom. The minimum atomic E-state index is -1.44. The lowest BCUT2D eigenvalue weighted by Gasteiger charge is -2.31. The van der Waals surface area contributed by atoms with Crippen LogP contribution in [0.3, 0.4) is 0 Å². The molecule has 3 N–H and O–H groups in total. The van der Waals surface area contributed by atoms with Crippen LogP contribution < -0.4 is 15.8 Å². The number of para-hydroxylation sites is 1. The molecule has 3 amide bonds. The van der Waals surface area contributed by atoms with Crippen molar-refractivity contribution in [3.8, 4) is 0 Å². The first-order valence-corrected chi connectivity index (χ1v) is 10.9. The van der Waals surface area contributed by atoms with Crippen molar-refractivity contribution in [2.24, 2.45) is 17.8 Å². The van der Waals surface area contributed by atoms with Crippen LogP contribution in [0.2, 0.25) is 0 Å². The van der Waals surface area contributed by atoms with E-state index in [0.29, 0.717) is 12.1 Å². The van der Waals surface area contributed by atoms with Crippen molar-refractivity contribution in [2.75, 3.05) is 5.01 Å². The maximum atomic E-state index is 12.9. The second-order valence-corrected chi connectivity index (χ2v) is 8.99. The van der Waals surface area contributed by atoms with Crippen molar-refractivity contribution >= 4 is 23.4 Å². The SMILES string of the molecule is CC(=O)N(NC(=O)C(O)[C@@]1(NC(=O)C2CCCCC2)C[C@H]1C(C)C)c1ccccc1. The van der Waals surface area contributed by atoms with Crippen molar-refractivity contribution in [2.45, 2.75) is 70.9 Å². The highest BCUT2D eigenvalue weighted by Gasteiger charge is 2.63. The first kappa shape index (κ1) is 22.3. The van der Waals surface area contributed by atoms with Gasteiger partial charge in [-0.2, -0.15) is 0 Å². The number of amides is 3. The van der Waals surface area contributed by atoms with Gasteiger partial charge in [0.2, 0.25) is 11.8 Å². The molecule has 2 aliphatic rings. The fourth-order valence-corrected chi connectivity index (χ4v) is 4.67. The van der Waals surface area contributed by atoms with Crippen LogP contribution in [0.4, 0.5) is 5.69 Å². The molecule has 1 aromatic carbocycles. The maximum absolute atomic E-state index is 12.9. The third kappa shape index (κ3) is 4.67. The van der Waals surface area contributed by atoms with Gasteiger partial charge in [-0.15, -0.1) is 0 Å². The van der Waals surface area contributed by atoms with Crippen LogP contribution in [-0.2, 0) is 14.4 Å². The number of nitrogens with zero attached hydrogens (tertiary/aromatic N) is 1. The van der Waals surface area contributed by atoms with Crippen molar-refractivity contribution in [1.29, 1.82) is 0 Å². The zero-order valence-electron chi connectivity index (χ0n) is 18.1. The van der Waals surface area contributed by atoms with E-state index in [4.69, 9.17) is 0 Å². The Bertz CT molecular complexity index is 776. The minimum Gasteiger partial charge on any atom is -0.381 e. The van der Waals surface area contributed by atoms with Gasteiger partial charge in [-0.1, -0.05) is 51.3 Å². The highest BCUT2D eigenvalue weighted by molar-refractivity contribution is 5.96. The lowest BCUT2D eigenvalue weighted by molar-refractivity contribution is -0.136. The molecule has 164 valence electrons. The van der Waals surface area contributed by atoms with Gasteiger partial charge in [0.15, 0.2) is 6.10 Å². The van der Waals surface area contributed by atoms with E-state index >= 15 is 0 Å². The Morgan fingerprint density at radius 2 is 1.73 bits per heavy atom. The summed E-state index contributed by atoms with van der Waals surface area (Å²) in [4.78, 5) is 37.9. The highest BCUT2D eigenvalue weighted by atomic mass is 16.3. The molecule has 0 heterocycles. The first-order valence-electron chi connectivity index (χ1n) is 10.9. The van der Waals surface area contributed by atoms with E-state index in [9.17, 15) is 19.5 Å². The van der Waals surface area contributed by atoms with Gasteiger partial charge < -0.3 is 10.4 Å². The van der Waals surface area contributed by atoms with Crippen molar-refractivity contribution in [3.63, 3.8) is 0 Å². The van der Waals surface area contributed by atoms with Crippen molar-refractivity contribution in [1.82, 2.24) is 10.7 Å². The molecule has 0 saturated heterocycles. The van der Waals surface area contributed by atoms with E-state index in [0.717, 1.165) is 37.1 Å². The number of hydrazine groups is 1. The van der Waals surface area contributed by atoms with Gasteiger partial charge in [0.25, 0.3) is 5.91 Å². The number of hydrogen-bond acceptors (Lipinski definition) is 4. The molecule has 2 fully saturated rings. The molecule has 0 radical (unpaired) electrons. The number of rotatable bonds is 6. The standard InChI is InChI=1S/C23H33N3O4/c1-15(2)19-14-23(19,24-21(29)17-10-6-4-7-11-17)20(28)22(30)25-26(16(3)27)18-12-8-5-9-13-18/h5,8-9,12-13,15,17,19-20,28H,4,6-7,10-11,14H2,1-3H3,(H,24,29)(H,25,30)/t19-,20?,23+/m0/s1. The molecule has 0 aliphatic heterocycles. The van der Waals surface area contributed by atoms with Crippen LogP contribution in [-0.4, -0.2) is 34.5 Å². The number of aliphatic hydroxyl groups is 1. The lowest BCUT2D eigenvalue weighted by Crippen LogP contribution is -2.58. The van der Waals surface area contributed by atoms with Crippen LogP contribution in [0.25, 0.3) is 0 Å². The van der Waals surface area contributed by atoms with Gasteiger partial charge in [-0.25, -0.2) is 5.01 Å².